The van der Waals surface area contributed by atoms with Crippen molar-refractivity contribution >= 4 is 11.7 Å². The van der Waals surface area contributed by atoms with Gasteiger partial charge in [-0.15, -0.1) is 0 Å². The predicted octanol–water partition coefficient (Wildman–Crippen LogP) is 4.11. The molecule has 5 nitrogen and oxygen atoms in total. The number of amides is 2. The van der Waals surface area contributed by atoms with Gasteiger partial charge in [0.05, 0.1) is 14.2 Å². The Morgan fingerprint density at radius 1 is 1.00 bits per heavy atom. The smallest absolute Gasteiger partial charge is 0.319 e. The van der Waals surface area contributed by atoms with Gasteiger partial charge >= 0.3 is 6.03 Å². The van der Waals surface area contributed by atoms with Crippen LogP contribution >= 0.6 is 0 Å². The number of benzene rings is 2. The van der Waals surface area contributed by atoms with Crippen molar-refractivity contribution in [2.75, 3.05) is 26.1 Å². The van der Waals surface area contributed by atoms with E-state index in [4.69, 9.17) is 9.47 Å². The quantitative estimate of drug-likeness (QED) is 0.830. The van der Waals surface area contributed by atoms with Gasteiger partial charge in [0, 0.05) is 17.6 Å². The first-order chi connectivity index (χ1) is 11.9. The second kappa shape index (κ2) is 7.92. The molecule has 0 saturated carbocycles. The van der Waals surface area contributed by atoms with E-state index in [-0.39, 0.29) is 11.4 Å². The zero-order chi connectivity index (χ0) is 18.4. The van der Waals surface area contributed by atoms with Crippen LogP contribution in [0.1, 0.15) is 25.0 Å². The van der Waals surface area contributed by atoms with Crippen molar-refractivity contribution in [1.29, 1.82) is 0 Å². The van der Waals surface area contributed by atoms with Gasteiger partial charge in [0.15, 0.2) is 11.5 Å². The predicted molar refractivity (Wildman–Crippen MR) is 101 cm³/mol. The van der Waals surface area contributed by atoms with Gasteiger partial charge < -0.3 is 20.1 Å². The third-order valence-corrected chi connectivity index (χ3v) is 4.17. The summed E-state index contributed by atoms with van der Waals surface area (Å²) in [7, 11) is 3.22. The monoisotopic (exact) mass is 342 g/mol. The number of nitrogens with one attached hydrogen (secondary N) is 2. The SMILES string of the molecule is COc1ccc(C(C)(C)CNC(=O)Nc2ccc(C)cc2)cc1OC. The first kappa shape index (κ1) is 18.6. The summed E-state index contributed by atoms with van der Waals surface area (Å²) in [4.78, 5) is 12.1. The van der Waals surface area contributed by atoms with Crippen molar-refractivity contribution in [2.45, 2.75) is 26.2 Å². The molecule has 0 aliphatic heterocycles. The van der Waals surface area contributed by atoms with Crippen LogP contribution in [0.2, 0.25) is 0 Å². The van der Waals surface area contributed by atoms with Crippen molar-refractivity contribution in [3.8, 4) is 11.5 Å². The number of ether oxygens (including phenoxy) is 2. The summed E-state index contributed by atoms with van der Waals surface area (Å²) in [6.07, 6.45) is 0. The normalized spacial score (nSPS) is 10.9. The van der Waals surface area contributed by atoms with Crippen LogP contribution in [0.15, 0.2) is 42.5 Å². The molecule has 0 aromatic heterocycles. The van der Waals surface area contributed by atoms with Crippen molar-refractivity contribution in [2.24, 2.45) is 0 Å². The van der Waals surface area contributed by atoms with Gasteiger partial charge in [0.25, 0.3) is 0 Å². The van der Waals surface area contributed by atoms with Crippen LogP contribution in [-0.4, -0.2) is 26.8 Å². The fraction of sp³-hybridized carbons (Fsp3) is 0.350. The van der Waals surface area contributed by atoms with E-state index in [1.807, 2.05) is 49.4 Å². The highest BCUT2D eigenvalue weighted by molar-refractivity contribution is 5.89. The fourth-order valence-corrected chi connectivity index (χ4v) is 2.47. The van der Waals surface area contributed by atoms with E-state index in [0.717, 1.165) is 16.8 Å². The van der Waals surface area contributed by atoms with Crippen LogP contribution in [0, 0.1) is 6.92 Å². The molecule has 0 radical (unpaired) electrons. The lowest BCUT2D eigenvalue weighted by molar-refractivity contribution is 0.249. The minimum atomic E-state index is -0.260. The molecule has 0 aliphatic rings. The second-order valence-electron chi connectivity index (χ2n) is 6.63. The highest BCUT2D eigenvalue weighted by Gasteiger charge is 2.23. The minimum absolute atomic E-state index is 0.225. The number of methoxy groups -OCH3 is 2. The molecule has 134 valence electrons. The molecule has 2 rings (SSSR count). The number of carbonyl (C=O) groups is 1. The third kappa shape index (κ3) is 4.89. The maximum atomic E-state index is 12.1. The summed E-state index contributed by atoms with van der Waals surface area (Å²) in [6, 6.07) is 13.3. The fourth-order valence-electron chi connectivity index (χ4n) is 2.47. The van der Waals surface area contributed by atoms with Gasteiger partial charge in [-0.1, -0.05) is 37.6 Å². The Hall–Kier alpha value is -2.69. The molecule has 2 amide bonds. The molecule has 2 aromatic rings. The molecule has 2 N–H and O–H groups in total. The lowest BCUT2D eigenvalue weighted by Gasteiger charge is -2.26. The first-order valence-corrected chi connectivity index (χ1v) is 8.20. The van der Waals surface area contributed by atoms with Crippen LogP contribution in [0.25, 0.3) is 0 Å². The van der Waals surface area contributed by atoms with Crippen LogP contribution in [-0.2, 0) is 5.41 Å². The first-order valence-electron chi connectivity index (χ1n) is 8.20. The zero-order valence-corrected chi connectivity index (χ0v) is 15.5. The van der Waals surface area contributed by atoms with Crippen molar-refractivity contribution in [1.82, 2.24) is 5.32 Å². The summed E-state index contributed by atoms with van der Waals surface area (Å²) in [5.74, 6) is 1.37. The van der Waals surface area contributed by atoms with Crippen LogP contribution < -0.4 is 20.1 Å². The number of hydrogen-bond donors (Lipinski definition) is 2. The molecule has 0 heterocycles. The van der Waals surface area contributed by atoms with Crippen molar-refractivity contribution in [3.63, 3.8) is 0 Å². The van der Waals surface area contributed by atoms with Crippen LogP contribution in [0.4, 0.5) is 10.5 Å². The lowest BCUT2D eigenvalue weighted by atomic mass is 9.84. The third-order valence-electron chi connectivity index (χ3n) is 4.17. The molecular formula is C20H26N2O3. The maximum absolute atomic E-state index is 12.1. The van der Waals surface area contributed by atoms with Gasteiger partial charge in [0.2, 0.25) is 0 Å². The second-order valence-corrected chi connectivity index (χ2v) is 6.63. The highest BCUT2D eigenvalue weighted by Crippen LogP contribution is 2.32. The highest BCUT2D eigenvalue weighted by atomic mass is 16.5. The van der Waals surface area contributed by atoms with E-state index in [9.17, 15) is 4.79 Å². The number of urea groups is 1. The number of rotatable bonds is 6. The average molecular weight is 342 g/mol. The molecule has 0 unspecified atom stereocenters. The maximum Gasteiger partial charge on any atom is 0.319 e. The summed E-state index contributed by atoms with van der Waals surface area (Å²) in [5.41, 5.74) is 2.72. The molecule has 0 fully saturated rings. The Balaban J connectivity index is 2.00. The van der Waals surface area contributed by atoms with Crippen molar-refractivity contribution in [3.05, 3.63) is 53.6 Å². The number of anilines is 1. The summed E-state index contributed by atoms with van der Waals surface area (Å²) >= 11 is 0. The molecule has 5 heteroatoms. The summed E-state index contributed by atoms with van der Waals surface area (Å²) < 4.78 is 10.6. The molecule has 25 heavy (non-hydrogen) atoms. The Morgan fingerprint density at radius 3 is 2.24 bits per heavy atom. The lowest BCUT2D eigenvalue weighted by Crippen LogP contribution is -2.39. The zero-order valence-electron chi connectivity index (χ0n) is 15.5. The van der Waals surface area contributed by atoms with E-state index < -0.39 is 0 Å². The largest absolute Gasteiger partial charge is 0.493 e. The van der Waals surface area contributed by atoms with E-state index in [1.54, 1.807) is 14.2 Å². The van der Waals surface area contributed by atoms with Gasteiger partial charge in [-0.3, -0.25) is 0 Å². The van der Waals surface area contributed by atoms with Crippen molar-refractivity contribution < 1.29 is 14.3 Å². The molecule has 2 aromatic carbocycles. The topological polar surface area (TPSA) is 59.6 Å². The Bertz CT molecular complexity index is 724. The molecule has 0 aliphatic carbocycles. The standard InChI is InChI=1S/C20H26N2O3/c1-14-6-9-16(10-7-14)22-19(23)21-13-20(2,3)15-8-11-17(24-4)18(12-15)25-5/h6-12H,13H2,1-5H3,(H2,21,22,23). The molecule has 0 atom stereocenters. The number of hydrogen-bond acceptors (Lipinski definition) is 3. The summed E-state index contributed by atoms with van der Waals surface area (Å²) in [6.45, 7) is 6.64. The van der Waals surface area contributed by atoms with E-state index in [1.165, 1.54) is 0 Å². The van der Waals surface area contributed by atoms with Gasteiger partial charge in [-0.2, -0.15) is 0 Å². The number of carbonyl (C=O) groups excluding carboxylic acids is 1. The molecule has 0 saturated heterocycles. The van der Waals surface area contributed by atoms with E-state index in [2.05, 4.69) is 24.5 Å². The number of aryl methyl sites for hydroxylation is 1. The van der Waals surface area contributed by atoms with Gasteiger partial charge in [0.1, 0.15) is 0 Å². The Morgan fingerprint density at radius 2 is 1.64 bits per heavy atom. The Kier molecular flexibility index (Phi) is 5.91. The van der Waals surface area contributed by atoms with Crippen LogP contribution in [0.3, 0.4) is 0 Å². The molecule has 0 spiro atoms. The van der Waals surface area contributed by atoms with Gasteiger partial charge in [-0.25, -0.2) is 4.79 Å². The Labute approximate surface area is 149 Å². The average Bonchev–Trinajstić information content (AvgIpc) is 2.61. The summed E-state index contributed by atoms with van der Waals surface area (Å²) in [5, 5.41) is 5.77. The minimum Gasteiger partial charge on any atom is -0.493 e. The van der Waals surface area contributed by atoms with Gasteiger partial charge in [-0.05, 0) is 36.8 Å². The molecular weight excluding hydrogens is 316 g/mol. The van der Waals surface area contributed by atoms with Crippen LogP contribution in [0.5, 0.6) is 11.5 Å². The molecule has 0 bridgehead atoms. The van der Waals surface area contributed by atoms with E-state index >= 15 is 0 Å². The van der Waals surface area contributed by atoms with E-state index in [0.29, 0.717) is 18.0 Å².